The van der Waals surface area contributed by atoms with E-state index in [0.29, 0.717) is 33.7 Å². The monoisotopic (exact) mass is 379 g/mol. The first-order valence-corrected chi connectivity index (χ1v) is 7.62. The average Bonchev–Trinajstić information content (AvgIpc) is 2.54. The summed E-state index contributed by atoms with van der Waals surface area (Å²) < 4.78 is 11.8. The molecular weight excluding hydrogens is 366 g/mol. The fourth-order valence-corrected chi connectivity index (χ4v) is 2.55. The van der Waals surface area contributed by atoms with Gasteiger partial charge in [-0.05, 0) is 40.5 Å². The van der Waals surface area contributed by atoms with Crippen LogP contribution in [0.15, 0.2) is 40.9 Å². The molecule has 0 bridgehead atoms. The van der Waals surface area contributed by atoms with E-state index in [9.17, 15) is 14.9 Å². The van der Waals surface area contributed by atoms with Gasteiger partial charge in [-0.2, -0.15) is 0 Å². The standard InChI is InChI=1S/C16H14BrNO5/c1-2-22-15-8-12(9-19)7-14(17)16(15)23-10-11-4-3-5-13(6-11)18(20)21/h3-9H,2,10H2,1H3. The van der Waals surface area contributed by atoms with Crippen LogP contribution in [0, 0.1) is 10.1 Å². The van der Waals surface area contributed by atoms with Gasteiger partial charge in [0, 0.05) is 17.7 Å². The van der Waals surface area contributed by atoms with Gasteiger partial charge in [-0.15, -0.1) is 0 Å². The van der Waals surface area contributed by atoms with Crippen LogP contribution in [0.4, 0.5) is 5.69 Å². The quantitative estimate of drug-likeness (QED) is 0.410. The van der Waals surface area contributed by atoms with Gasteiger partial charge in [-0.3, -0.25) is 14.9 Å². The molecule has 0 N–H and O–H groups in total. The number of carbonyl (C=O) groups excluding carboxylic acids is 1. The number of hydrogen-bond donors (Lipinski definition) is 0. The number of non-ortho nitro benzene ring substituents is 1. The van der Waals surface area contributed by atoms with Crippen LogP contribution < -0.4 is 9.47 Å². The average molecular weight is 380 g/mol. The molecule has 120 valence electrons. The van der Waals surface area contributed by atoms with Crippen molar-refractivity contribution in [3.63, 3.8) is 0 Å². The highest BCUT2D eigenvalue weighted by Crippen LogP contribution is 2.37. The summed E-state index contributed by atoms with van der Waals surface area (Å²) in [5.74, 6) is 0.887. The fourth-order valence-electron chi connectivity index (χ4n) is 1.97. The van der Waals surface area contributed by atoms with E-state index >= 15 is 0 Å². The summed E-state index contributed by atoms with van der Waals surface area (Å²) in [4.78, 5) is 21.3. The first-order valence-electron chi connectivity index (χ1n) is 6.82. The highest BCUT2D eigenvalue weighted by molar-refractivity contribution is 9.10. The Morgan fingerprint density at radius 1 is 1.26 bits per heavy atom. The number of hydrogen-bond acceptors (Lipinski definition) is 5. The number of benzene rings is 2. The molecule has 0 spiro atoms. The fraction of sp³-hybridized carbons (Fsp3) is 0.188. The zero-order valence-corrected chi connectivity index (χ0v) is 13.9. The van der Waals surface area contributed by atoms with Gasteiger partial charge in [0.15, 0.2) is 11.5 Å². The second kappa shape index (κ2) is 7.73. The third kappa shape index (κ3) is 4.29. The minimum Gasteiger partial charge on any atom is -0.490 e. The molecule has 0 amide bonds. The third-order valence-corrected chi connectivity index (χ3v) is 3.56. The molecule has 0 unspecified atom stereocenters. The van der Waals surface area contributed by atoms with Gasteiger partial charge >= 0.3 is 0 Å². The number of rotatable bonds is 7. The summed E-state index contributed by atoms with van der Waals surface area (Å²) >= 11 is 3.35. The van der Waals surface area contributed by atoms with Crippen LogP contribution in [0.1, 0.15) is 22.8 Å². The molecule has 0 aromatic heterocycles. The SMILES string of the molecule is CCOc1cc(C=O)cc(Br)c1OCc1cccc([N+](=O)[O-])c1. The van der Waals surface area contributed by atoms with E-state index in [4.69, 9.17) is 9.47 Å². The molecule has 2 aromatic carbocycles. The minimum absolute atomic E-state index is 0.00602. The molecule has 0 aliphatic carbocycles. The Kier molecular flexibility index (Phi) is 5.70. The lowest BCUT2D eigenvalue weighted by Gasteiger charge is -2.14. The second-order valence-corrected chi connectivity index (χ2v) is 5.45. The maximum atomic E-state index is 10.9. The number of carbonyl (C=O) groups is 1. The Bertz CT molecular complexity index is 732. The van der Waals surface area contributed by atoms with Crippen LogP contribution in [-0.2, 0) is 6.61 Å². The van der Waals surface area contributed by atoms with E-state index in [1.807, 2.05) is 6.92 Å². The zero-order chi connectivity index (χ0) is 16.8. The van der Waals surface area contributed by atoms with Crippen LogP contribution in [0.3, 0.4) is 0 Å². The highest BCUT2D eigenvalue weighted by atomic mass is 79.9. The molecule has 7 heteroatoms. The van der Waals surface area contributed by atoms with Crippen LogP contribution in [-0.4, -0.2) is 17.8 Å². The molecule has 6 nitrogen and oxygen atoms in total. The van der Waals surface area contributed by atoms with Gasteiger partial charge in [-0.25, -0.2) is 0 Å². The molecule has 0 radical (unpaired) electrons. The van der Waals surface area contributed by atoms with Crippen molar-refractivity contribution < 1.29 is 19.2 Å². The Balaban J connectivity index is 2.24. The molecular formula is C16H14BrNO5. The van der Waals surface area contributed by atoms with E-state index in [1.54, 1.807) is 24.3 Å². The maximum Gasteiger partial charge on any atom is 0.269 e. The number of halogens is 1. The minimum atomic E-state index is -0.454. The smallest absolute Gasteiger partial charge is 0.269 e. The summed E-state index contributed by atoms with van der Waals surface area (Å²) in [5.41, 5.74) is 1.13. The van der Waals surface area contributed by atoms with Gasteiger partial charge < -0.3 is 9.47 Å². The van der Waals surface area contributed by atoms with Crippen molar-refractivity contribution in [3.8, 4) is 11.5 Å². The normalized spacial score (nSPS) is 10.2. The lowest BCUT2D eigenvalue weighted by molar-refractivity contribution is -0.384. The van der Waals surface area contributed by atoms with Crippen molar-refractivity contribution in [2.45, 2.75) is 13.5 Å². The van der Waals surface area contributed by atoms with Crippen LogP contribution in [0.25, 0.3) is 0 Å². The molecule has 2 rings (SSSR count). The zero-order valence-electron chi connectivity index (χ0n) is 12.3. The van der Waals surface area contributed by atoms with Gasteiger partial charge in [0.25, 0.3) is 5.69 Å². The van der Waals surface area contributed by atoms with Crippen molar-refractivity contribution in [2.75, 3.05) is 6.61 Å². The van der Waals surface area contributed by atoms with Crippen LogP contribution in [0.5, 0.6) is 11.5 Å². The van der Waals surface area contributed by atoms with E-state index in [2.05, 4.69) is 15.9 Å². The van der Waals surface area contributed by atoms with Crippen molar-refractivity contribution >= 4 is 27.9 Å². The maximum absolute atomic E-state index is 10.9. The first kappa shape index (κ1) is 17.0. The van der Waals surface area contributed by atoms with Gasteiger partial charge in [0.2, 0.25) is 0 Å². The van der Waals surface area contributed by atoms with Crippen molar-refractivity contribution in [3.05, 3.63) is 62.1 Å². The molecule has 0 atom stereocenters. The number of nitro groups is 1. The molecule has 0 saturated carbocycles. The predicted octanol–water partition coefficient (Wildman–Crippen LogP) is 4.15. The molecule has 2 aromatic rings. The number of aldehydes is 1. The lowest BCUT2D eigenvalue weighted by Crippen LogP contribution is -2.02. The van der Waals surface area contributed by atoms with Gasteiger partial charge in [0.05, 0.1) is 16.0 Å². The van der Waals surface area contributed by atoms with Gasteiger partial charge in [-0.1, -0.05) is 12.1 Å². The Labute approximate surface area is 141 Å². The summed E-state index contributed by atoms with van der Waals surface area (Å²) in [6.07, 6.45) is 0.720. The summed E-state index contributed by atoms with van der Waals surface area (Å²) in [6.45, 7) is 2.38. The predicted molar refractivity (Wildman–Crippen MR) is 88.1 cm³/mol. The van der Waals surface area contributed by atoms with Crippen molar-refractivity contribution in [1.29, 1.82) is 0 Å². The van der Waals surface area contributed by atoms with E-state index in [0.717, 1.165) is 6.29 Å². The largest absolute Gasteiger partial charge is 0.490 e. The molecule has 0 heterocycles. The number of ether oxygens (including phenoxy) is 2. The van der Waals surface area contributed by atoms with Crippen molar-refractivity contribution in [1.82, 2.24) is 0 Å². The Morgan fingerprint density at radius 2 is 2.04 bits per heavy atom. The van der Waals surface area contributed by atoms with Crippen LogP contribution >= 0.6 is 15.9 Å². The lowest BCUT2D eigenvalue weighted by atomic mass is 10.2. The number of nitro benzene ring substituents is 1. The van der Waals surface area contributed by atoms with E-state index in [1.165, 1.54) is 12.1 Å². The first-order chi connectivity index (χ1) is 11.0. The second-order valence-electron chi connectivity index (χ2n) is 4.60. The summed E-state index contributed by atoms with van der Waals surface area (Å²) in [5, 5.41) is 10.8. The van der Waals surface area contributed by atoms with Crippen LogP contribution in [0.2, 0.25) is 0 Å². The Hall–Kier alpha value is -2.41. The topological polar surface area (TPSA) is 78.7 Å². The third-order valence-electron chi connectivity index (χ3n) is 2.97. The number of nitrogens with zero attached hydrogens (tertiary/aromatic N) is 1. The molecule has 0 saturated heterocycles. The van der Waals surface area contributed by atoms with Gasteiger partial charge in [0.1, 0.15) is 12.9 Å². The Morgan fingerprint density at radius 3 is 2.70 bits per heavy atom. The molecule has 0 fully saturated rings. The van der Waals surface area contributed by atoms with E-state index < -0.39 is 4.92 Å². The molecule has 23 heavy (non-hydrogen) atoms. The molecule has 0 aliphatic rings. The molecule has 0 aliphatic heterocycles. The van der Waals surface area contributed by atoms with Crippen molar-refractivity contribution in [2.24, 2.45) is 0 Å². The summed E-state index contributed by atoms with van der Waals surface area (Å²) in [7, 11) is 0. The highest BCUT2D eigenvalue weighted by Gasteiger charge is 2.13. The summed E-state index contributed by atoms with van der Waals surface area (Å²) in [6, 6.07) is 9.42. The van der Waals surface area contributed by atoms with E-state index in [-0.39, 0.29) is 12.3 Å².